The van der Waals surface area contributed by atoms with Gasteiger partial charge in [-0.25, -0.2) is 0 Å². The van der Waals surface area contributed by atoms with Crippen molar-refractivity contribution in [2.75, 3.05) is 33.2 Å². The third-order valence-electron chi connectivity index (χ3n) is 3.68. The lowest BCUT2D eigenvalue weighted by atomic mass is 9.74. The van der Waals surface area contributed by atoms with Crippen molar-refractivity contribution in [3.63, 3.8) is 0 Å². The molecule has 2 saturated heterocycles. The first-order chi connectivity index (χ1) is 5.81. The SMILES string of the molecule is C[NH+]1CCC[C@]2(CCC[NH2+]C2)C1. The van der Waals surface area contributed by atoms with E-state index in [1.54, 1.807) is 4.90 Å². The number of quaternary nitrogens is 2. The van der Waals surface area contributed by atoms with E-state index in [-0.39, 0.29) is 0 Å². The van der Waals surface area contributed by atoms with Gasteiger partial charge in [0.25, 0.3) is 0 Å². The Morgan fingerprint density at radius 1 is 1.25 bits per heavy atom. The first-order valence-corrected chi connectivity index (χ1v) is 5.44. The van der Waals surface area contributed by atoms with Crippen molar-refractivity contribution < 1.29 is 10.2 Å². The van der Waals surface area contributed by atoms with Crippen LogP contribution < -0.4 is 10.2 Å². The Kier molecular flexibility index (Phi) is 2.37. The molecule has 2 heteroatoms. The lowest BCUT2D eigenvalue weighted by molar-refractivity contribution is -0.897. The summed E-state index contributed by atoms with van der Waals surface area (Å²) in [5.41, 5.74) is 0.737. The van der Waals surface area contributed by atoms with Crippen LogP contribution in [0, 0.1) is 5.41 Å². The molecule has 2 rings (SSSR count). The minimum absolute atomic E-state index is 0.737. The van der Waals surface area contributed by atoms with Crippen LogP contribution in [-0.4, -0.2) is 33.2 Å². The molecule has 2 nitrogen and oxygen atoms in total. The van der Waals surface area contributed by atoms with Crippen molar-refractivity contribution in [3.8, 4) is 0 Å². The number of piperidine rings is 2. The molecule has 0 aromatic carbocycles. The van der Waals surface area contributed by atoms with E-state index in [2.05, 4.69) is 12.4 Å². The van der Waals surface area contributed by atoms with Gasteiger partial charge in [0.15, 0.2) is 0 Å². The average molecular weight is 170 g/mol. The smallest absolute Gasteiger partial charge is 0.0880 e. The predicted octanol–water partition coefficient (Wildman–Crippen LogP) is -1.36. The number of rotatable bonds is 0. The molecular formula is C10H22N2+2. The summed E-state index contributed by atoms with van der Waals surface area (Å²) >= 11 is 0. The molecule has 0 saturated carbocycles. The van der Waals surface area contributed by atoms with Crippen LogP contribution in [-0.2, 0) is 0 Å². The molecule has 0 aliphatic carbocycles. The van der Waals surface area contributed by atoms with Gasteiger partial charge in [-0.15, -0.1) is 0 Å². The second-order valence-corrected chi connectivity index (χ2v) is 4.87. The van der Waals surface area contributed by atoms with Crippen molar-refractivity contribution in [3.05, 3.63) is 0 Å². The molecule has 0 aromatic heterocycles. The van der Waals surface area contributed by atoms with Crippen LogP contribution in [0.15, 0.2) is 0 Å². The topological polar surface area (TPSA) is 21.1 Å². The summed E-state index contributed by atoms with van der Waals surface area (Å²) in [6.45, 7) is 5.62. The first kappa shape index (κ1) is 8.52. The molecule has 0 amide bonds. The van der Waals surface area contributed by atoms with Gasteiger partial charge in [0.1, 0.15) is 0 Å². The fourth-order valence-corrected chi connectivity index (χ4v) is 3.10. The normalized spacial score (nSPS) is 43.2. The minimum Gasteiger partial charge on any atom is -0.346 e. The van der Waals surface area contributed by atoms with Gasteiger partial charge >= 0.3 is 0 Å². The van der Waals surface area contributed by atoms with Crippen LogP contribution in [0.3, 0.4) is 0 Å². The van der Waals surface area contributed by atoms with Gasteiger partial charge in [-0.1, -0.05) is 0 Å². The molecule has 3 N–H and O–H groups in total. The van der Waals surface area contributed by atoms with Crippen LogP contribution in [0.4, 0.5) is 0 Å². The predicted molar refractivity (Wildman–Crippen MR) is 49.2 cm³/mol. The molecule has 2 atom stereocenters. The molecule has 2 fully saturated rings. The number of hydrogen-bond acceptors (Lipinski definition) is 0. The van der Waals surface area contributed by atoms with Crippen molar-refractivity contribution in [2.24, 2.45) is 5.41 Å². The van der Waals surface area contributed by atoms with Gasteiger partial charge in [-0.3, -0.25) is 0 Å². The summed E-state index contributed by atoms with van der Waals surface area (Å²) in [7, 11) is 2.36. The molecule has 2 aliphatic rings. The van der Waals surface area contributed by atoms with Gasteiger partial charge in [-0.2, -0.15) is 0 Å². The largest absolute Gasteiger partial charge is 0.346 e. The first-order valence-electron chi connectivity index (χ1n) is 5.44. The quantitative estimate of drug-likeness (QED) is 0.448. The zero-order valence-electron chi connectivity index (χ0n) is 8.23. The zero-order chi connectivity index (χ0) is 8.44. The zero-order valence-corrected chi connectivity index (χ0v) is 8.23. The van der Waals surface area contributed by atoms with E-state index in [4.69, 9.17) is 0 Å². The van der Waals surface area contributed by atoms with Crippen molar-refractivity contribution >= 4 is 0 Å². The molecule has 0 aromatic rings. The van der Waals surface area contributed by atoms with E-state index in [0.717, 1.165) is 5.41 Å². The third-order valence-corrected chi connectivity index (χ3v) is 3.68. The molecule has 1 unspecified atom stereocenters. The average Bonchev–Trinajstić information content (AvgIpc) is 2.05. The Bertz CT molecular complexity index is 144. The fourth-order valence-electron chi connectivity index (χ4n) is 3.10. The maximum absolute atomic E-state index is 2.53. The summed E-state index contributed by atoms with van der Waals surface area (Å²) in [5.74, 6) is 0. The second kappa shape index (κ2) is 3.35. The lowest BCUT2D eigenvalue weighted by Gasteiger charge is -2.39. The van der Waals surface area contributed by atoms with E-state index in [1.807, 2.05) is 0 Å². The molecule has 70 valence electrons. The van der Waals surface area contributed by atoms with Crippen molar-refractivity contribution in [2.45, 2.75) is 25.7 Å². The Hall–Kier alpha value is -0.0800. The monoisotopic (exact) mass is 170 g/mol. The lowest BCUT2D eigenvalue weighted by Crippen LogP contribution is -3.12. The van der Waals surface area contributed by atoms with Crippen molar-refractivity contribution in [1.82, 2.24) is 0 Å². The van der Waals surface area contributed by atoms with Gasteiger partial charge in [0.2, 0.25) is 0 Å². The van der Waals surface area contributed by atoms with E-state index < -0.39 is 0 Å². The van der Waals surface area contributed by atoms with Crippen LogP contribution in [0.1, 0.15) is 25.7 Å². The highest BCUT2D eigenvalue weighted by atomic mass is 15.1. The molecule has 2 heterocycles. The fraction of sp³-hybridized carbons (Fsp3) is 1.00. The van der Waals surface area contributed by atoms with Crippen LogP contribution in [0.25, 0.3) is 0 Å². The third kappa shape index (κ3) is 1.64. The Balaban J connectivity index is 1.97. The van der Waals surface area contributed by atoms with Crippen LogP contribution >= 0.6 is 0 Å². The highest BCUT2D eigenvalue weighted by molar-refractivity contribution is 4.81. The maximum Gasteiger partial charge on any atom is 0.0880 e. The number of hydrogen-bond donors (Lipinski definition) is 2. The summed E-state index contributed by atoms with van der Waals surface area (Å²) in [6.07, 6.45) is 5.91. The van der Waals surface area contributed by atoms with Crippen LogP contribution in [0.2, 0.25) is 0 Å². The Labute approximate surface area is 75.3 Å². The van der Waals surface area contributed by atoms with E-state index in [9.17, 15) is 0 Å². The number of nitrogens with two attached hydrogens (primary N) is 1. The van der Waals surface area contributed by atoms with Gasteiger partial charge in [-0.05, 0) is 25.7 Å². The van der Waals surface area contributed by atoms with Gasteiger partial charge in [0.05, 0.1) is 38.6 Å². The molecular weight excluding hydrogens is 148 g/mol. The van der Waals surface area contributed by atoms with E-state index in [0.29, 0.717) is 0 Å². The number of nitrogens with one attached hydrogen (secondary N) is 1. The summed E-state index contributed by atoms with van der Waals surface area (Å²) in [6, 6.07) is 0. The van der Waals surface area contributed by atoms with Gasteiger partial charge < -0.3 is 10.2 Å². The van der Waals surface area contributed by atoms with E-state index in [1.165, 1.54) is 51.9 Å². The highest BCUT2D eigenvalue weighted by Crippen LogP contribution is 2.29. The second-order valence-electron chi connectivity index (χ2n) is 4.87. The summed E-state index contributed by atoms with van der Waals surface area (Å²) in [4.78, 5) is 1.76. The minimum atomic E-state index is 0.737. The highest BCUT2D eigenvalue weighted by Gasteiger charge is 2.40. The Morgan fingerprint density at radius 3 is 2.75 bits per heavy atom. The summed E-state index contributed by atoms with van der Waals surface area (Å²) in [5, 5.41) is 2.53. The number of likely N-dealkylation sites (tertiary alicyclic amines) is 1. The van der Waals surface area contributed by atoms with Crippen molar-refractivity contribution in [1.29, 1.82) is 0 Å². The summed E-state index contributed by atoms with van der Waals surface area (Å²) < 4.78 is 0. The molecule has 12 heavy (non-hydrogen) atoms. The standard InChI is InChI=1S/C10H20N2/c1-12-7-3-5-10(9-12)4-2-6-11-8-10/h11H,2-9H2,1H3/p+2/t10-/m0/s1. The van der Waals surface area contributed by atoms with Gasteiger partial charge in [0, 0.05) is 0 Å². The molecule has 0 bridgehead atoms. The molecule has 2 aliphatic heterocycles. The molecule has 1 spiro atoms. The molecule has 0 radical (unpaired) electrons. The van der Waals surface area contributed by atoms with Crippen LogP contribution in [0.5, 0.6) is 0 Å². The van der Waals surface area contributed by atoms with E-state index >= 15 is 0 Å². The Morgan fingerprint density at radius 2 is 2.08 bits per heavy atom. The maximum atomic E-state index is 2.53.